The molecule has 0 radical (unpaired) electrons. The van der Waals surface area contributed by atoms with Crippen LogP contribution in [0.1, 0.15) is 17.0 Å². The molecule has 0 fully saturated rings. The first-order chi connectivity index (χ1) is 8.06. The summed E-state index contributed by atoms with van der Waals surface area (Å²) in [6, 6.07) is 1.79. The Kier molecular flexibility index (Phi) is 3.23. The van der Waals surface area contributed by atoms with Crippen molar-refractivity contribution < 1.29 is 0 Å². The molecule has 0 amide bonds. The van der Waals surface area contributed by atoms with Crippen molar-refractivity contribution in [2.45, 2.75) is 31.0 Å². The zero-order chi connectivity index (χ0) is 12.4. The van der Waals surface area contributed by atoms with Crippen molar-refractivity contribution in [2.24, 2.45) is 0 Å². The van der Waals surface area contributed by atoms with Crippen molar-refractivity contribution in [3.8, 4) is 0 Å². The quantitative estimate of drug-likeness (QED) is 0.645. The van der Waals surface area contributed by atoms with E-state index in [2.05, 4.69) is 19.9 Å². The Bertz CT molecular complexity index is 532. The molecule has 0 saturated carbocycles. The number of aromatic nitrogens is 4. The van der Waals surface area contributed by atoms with Gasteiger partial charge in [-0.25, -0.2) is 19.9 Å². The summed E-state index contributed by atoms with van der Waals surface area (Å²) < 4.78 is 0. The molecule has 0 aliphatic carbocycles. The topological polar surface area (TPSA) is 77.6 Å². The van der Waals surface area contributed by atoms with Crippen LogP contribution in [0.3, 0.4) is 0 Å². The van der Waals surface area contributed by atoms with Crippen LogP contribution in [0.25, 0.3) is 0 Å². The molecule has 2 N–H and O–H groups in total. The number of anilines is 1. The van der Waals surface area contributed by atoms with Crippen LogP contribution in [0.15, 0.2) is 22.4 Å². The maximum atomic E-state index is 5.52. The Morgan fingerprint density at radius 1 is 1.06 bits per heavy atom. The molecule has 0 aromatic carbocycles. The van der Waals surface area contributed by atoms with Crippen molar-refractivity contribution in [1.82, 2.24) is 19.9 Å². The zero-order valence-corrected chi connectivity index (χ0v) is 10.7. The third kappa shape index (κ3) is 2.71. The number of nitrogens with two attached hydrogens (primary N) is 1. The molecule has 0 atom stereocenters. The normalized spacial score (nSPS) is 10.5. The SMILES string of the molecule is Cc1nc(Sc2ccnc(N)n2)nc(C)c1C. The van der Waals surface area contributed by atoms with E-state index >= 15 is 0 Å². The fourth-order valence-corrected chi connectivity index (χ4v) is 2.11. The van der Waals surface area contributed by atoms with Crippen LogP contribution in [-0.4, -0.2) is 19.9 Å². The number of nitrogens with zero attached hydrogens (tertiary/aromatic N) is 4. The Morgan fingerprint density at radius 3 is 2.29 bits per heavy atom. The maximum absolute atomic E-state index is 5.52. The highest BCUT2D eigenvalue weighted by Gasteiger charge is 2.07. The van der Waals surface area contributed by atoms with E-state index in [0.717, 1.165) is 22.0 Å². The number of hydrogen-bond acceptors (Lipinski definition) is 6. The summed E-state index contributed by atoms with van der Waals surface area (Å²) in [5, 5.41) is 1.43. The molecular weight excluding hydrogens is 234 g/mol. The summed E-state index contributed by atoms with van der Waals surface area (Å²) in [6.07, 6.45) is 1.62. The molecule has 0 saturated heterocycles. The van der Waals surface area contributed by atoms with E-state index < -0.39 is 0 Å². The fourth-order valence-electron chi connectivity index (χ4n) is 1.29. The van der Waals surface area contributed by atoms with Gasteiger partial charge in [0.1, 0.15) is 5.03 Å². The first-order valence-corrected chi connectivity index (χ1v) is 5.96. The molecule has 0 spiro atoms. The molecular formula is C11H13N5S. The maximum Gasteiger partial charge on any atom is 0.221 e. The monoisotopic (exact) mass is 247 g/mol. The molecule has 6 heteroatoms. The summed E-state index contributed by atoms with van der Waals surface area (Å²) >= 11 is 1.39. The number of rotatable bonds is 2. The molecule has 2 aromatic heterocycles. The minimum absolute atomic E-state index is 0.260. The van der Waals surface area contributed by atoms with Crippen molar-refractivity contribution in [1.29, 1.82) is 0 Å². The van der Waals surface area contributed by atoms with Gasteiger partial charge in [0.25, 0.3) is 0 Å². The van der Waals surface area contributed by atoms with Gasteiger partial charge in [0.2, 0.25) is 5.95 Å². The van der Waals surface area contributed by atoms with Gasteiger partial charge in [-0.2, -0.15) is 0 Å². The molecule has 0 unspecified atom stereocenters. The minimum atomic E-state index is 0.260. The van der Waals surface area contributed by atoms with Crippen molar-refractivity contribution in [3.63, 3.8) is 0 Å². The molecule has 0 aliphatic heterocycles. The Labute approximate surface area is 104 Å². The summed E-state index contributed by atoms with van der Waals surface area (Å²) in [6.45, 7) is 5.96. The largest absolute Gasteiger partial charge is 0.368 e. The van der Waals surface area contributed by atoms with E-state index in [1.807, 2.05) is 20.8 Å². The second-order valence-electron chi connectivity index (χ2n) is 3.66. The summed E-state index contributed by atoms with van der Waals surface area (Å²) in [4.78, 5) is 16.8. The highest BCUT2D eigenvalue weighted by atomic mass is 32.2. The smallest absolute Gasteiger partial charge is 0.221 e. The molecule has 0 bridgehead atoms. The lowest BCUT2D eigenvalue weighted by atomic mass is 10.2. The lowest BCUT2D eigenvalue weighted by Crippen LogP contribution is -1.99. The summed E-state index contributed by atoms with van der Waals surface area (Å²) in [5.41, 5.74) is 8.62. The Hall–Kier alpha value is -1.69. The van der Waals surface area contributed by atoms with E-state index in [0.29, 0.717) is 5.16 Å². The predicted octanol–water partition coefficient (Wildman–Crippen LogP) is 1.93. The molecule has 0 aliphatic rings. The predicted molar refractivity (Wildman–Crippen MR) is 66.8 cm³/mol. The van der Waals surface area contributed by atoms with Crippen LogP contribution in [0.5, 0.6) is 0 Å². The van der Waals surface area contributed by atoms with Gasteiger partial charge in [-0.05, 0) is 44.2 Å². The van der Waals surface area contributed by atoms with E-state index in [1.54, 1.807) is 12.3 Å². The van der Waals surface area contributed by atoms with Crippen LogP contribution in [0.2, 0.25) is 0 Å². The van der Waals surface area contributed by atoms with E-state index in [1.165, 1.54) is 11.8 Å². The molecule has 2 rings (SSSR count). The zero-order valence-electron chi connectivity index (χ0n) is 9.93. The van der Waals surface area contributed by atoms with Gasteiger partial charge in [-0.3, -0.25) is 0 Å². The third-order valence-electron chi connectivity index (χ3n) is 2.46. The Morgan fingerprint density at radius 2 is 1.71 bits per heavy atom. The van der Waals surface area contributed by atoms with Crippen LogP contribution >= 0.6 is 11.8 Å². The number of nitrogen functional groups attached to an aromatic ring is 1. The molecule has 5 nitrogen and oxygen atoms in total. The summed E-state index contributed by atoms with van der Waals surface area (Å²) in [7, 11) is 0. The lowest BCUT2D eigenvalue weighted by molar-refractivity contribution is 0.877. The third-order valence-corrected chi connectivity index (χ3v) is 3.26. The summed E-state index contributed by atoms with van der Waals surface area (Å²) in [5.74, 6) is 0.260. The van der Waals surface area contributed by atoms with E-state index in [-0.39, 0.29) is 5.95 Å². The minimum Gasteiger partial charge on any atom is -0.368 e. The van der Waals surface area contributed by atoms with Gasteiger partial charge in [-0.15, -0.1) is 0 Å². The fraction of sp³-hybridized carbons (Fsp3) is 0.273. The van der Waals surface area contributed by atoms with E-state index in [4.69, 9.17) is 5.73 Å². The van der Waals surface area contributed by atoms with Crippen LogP contribution in [0, 0.1) is 20.8 Å². The molecule has 2 heterocycles. The van der Waals surface area contributed by atoms with Gasteiger partial charge in [0.15, 0.2) is 5.16 Å². The average molecular weight is 247 g/mol. The average Bonchev–Trinajstić information content (AvgIpc) is 2.26. The Balaban J connectivity index is 2.31. The standard InChI is InChI=1S/C11H13N5S/c1-6-7(2)14-11(15-8(6)3)17-9-4-5-13-10(12)16-9/h4-5H,1-3H3,(H2,12,13,16). The van der Waals surface area contributed by atoms with Crippen molar-refractivity contribution >= 4 is 17.7 Å². The second-order valence-corrected chi connectivity index (χ2v) is 4.64. The van der Waals surface area contributed by atoms with Crippen molar-refractivity contribution in [3.05, 3.63) is 29.2 Å². The second kappa shape index (κ2) is 4.67. The highest BCUT2D eigenvalue weighted by molar-refractivity contribution is 7.99. The molecule has 17 heavy (non-hydrogen) atoms. The highest BCUT2D eigenvalue weighted by Crippen LogP contribution is 2.24. The van der Waals surface area contributed by atoms with Crippen LogP contribution < -0.4 is 5.73 Å². The van der Waals surface area contributed by atoms with Gasteiger partial charge >= 0.3 is 0 Å². The van der Waals surface area contributed by atoms with Gasteiger partial charge < -0.3 is 5.73 Å². The van der Waals surface area contributed by atoms with Gasteiger partial charge in [0, 0.05) is 17.6 Å². The lowest BCUT2D eigenvalue weighted by Gasteiger charge is -2.06. The first kappa shape index (κ1) is 11.8. The van der Waals surface area contributed by atoms with Crippen LogP contribution in [0.4, 0.5) is 5.95 Å². The van der Waals surface area contributed by atoms with Crippen LogP contribution in [-0.2, 0) is 0 Å². The van der Waals surface area contributed by atoms with Crippen molar-refractivity contribution in [2.75, 3.05) is 5.73 Å². The first-order valence-electron chi connectivity index (χ1n) is 5.14. The van der Waals surface area contributed by atoms with E-state index in [9.17, 15) is 0 Å². The molecule has 2 aromatic rings. The van der Waals surface area contributed by atoms with Gasteiger partial charge in [0.05, 0.1) is 0 Å². The number of hydrogen-bond donors (Lipinski definition) is 1. The van der Waals surface area contributed by atoms with Gasteiger partial charge in [-0.1, -0.05) is 0 Å². The number of aryl methyl sites for hydroxylation is 2. The molecule has 88 valence electrons.